The molecule has 0 aliphatic carbocycles. The lowest BCUT2D eigenvalue weighted by molar-refractivity contribution is -0.149. The number of rotatable bonds is 5. The maximum atomic E-state index is 13.4. The molecule has 172 valence electrons. The number of hydrogen-bond acceptors (Lipinski definition) is 6. The minimum absolute atomic E-state index is 0.0317. The van der Waals surface area contributed by atoms with Crippen molar-refractivity contribution in [2.75, 3.05) is 12.9 Å². The highest BCUT2D eigenvalue weighted by Gasteiger charge is 2.51. The summed E-state index contributed by atoms with van der Waals surface area (Å²) in [7, 11) is 1.59. The molecular weight excluding hydrogens is 455 g/mol. The molecule has 1 aromatic heterocycles. The third-order valence-electron chi connectivity index (χ3n) is 6.22. The van der Waals surface area contributed by atoms with Crippen LogP contribution in [0.4, 0.5) is 4.39 Å². The normalized spacial score (nSPS) is 22.0. The lowest BCUT2D eigenvalue weighted by atomic mass is 9.84. The van der Waals surface area contributed by atoms with Crippen molar-refractivity contribution >= 4 is 17.7 Å². The molecule has 9 heteroatoms. The lowest BCUT2D eigenvalue weighted by Crippen LogP contribution is -2.48. The van der Waals surface area contributed by atoms with Crippen LogP contribution in [0.5, 0.6) is 5.75 Å². The van der Waals surface area contributed by atoms with Crippen LogP contribution in [0.2, 0.25) is 0 Å². The molecule has 0 saturated carbocycles. The monoisotopic (exact) mass is 476 g/mol. The molecule has 0 bridgehead atoms. The number of aliphatic hydroxyl groups is 1. The van der Waals surface area contributed by atoms with Crippen LogP contribution in [0.1, 0.15) is 29.0 Å². The number of benzene rings is 2. The van der Waals surface area contributed by atoms with Gasteiger partial charge in [-0.3, -0.25) is 14.4 Å². The fourth-order valence-electron chi connectivity index (χ4n) is 4.55. The number of methoxy groups -OCH3 is 1. The fourth-order valence-corrected chi connectivity index (χ4v) is 5.91. The second-order valence-corrected chi connectivity index (χ2v) is 9.17. The van der Waals surface area contributed by atoms with Crippen LogP contribution in [0.3, 0.4) is 0 Å². The molecule has 2 atom stereocenters. The van der Waals surface area contributed by atoms with E-state index in [0.717, 1.165) is 11.1 Å². The fraction of sp³-hybridized carbons (Fsp3) is 0.240. The van der Waals surface area contributed by atoms with Gasteiger partial charge in [0, 0.05) is 35.9 Å². The molecule has 0 spiro atoms. The number of allylic oxidation sites excluding steroid dienone is 1. The Morgan fingerprint density at radius 1 is 1.32 bits per heavy atom. The van der Waals surface area contributed by atoms with E-state index in [1.165, 1.54) is 40.9 Å². The average Bonchev–Trinajstić information content (AvgIpc) is 3.48. The Balaban J connectivity index is 1.54. The standard InChI is InChI=1S/C25H21FN4O3S/c1-33-22-8-3-16(11-17(22)14-29-10-2-9-28-29)20-12-23(31)30-24(21(20)13-27)34-15-25(30,32)18-4-6-19(26)7-5-18/h2-11,20,32H,12,14-15H2,1H3. The second kappa shape index (κ2) is 8.63. The molecule has 7 nitrogen and oxygen atoms in total. The molecule has 2 aliphatic heterocycles. The third-order valence-corrected chi connectivity index (χ3v) is 7.44. The van der Waals surface area contributed by atoms with Crippen LogP contribution in [-0.2, 0) is 17.1 Å². The van der Waals surface area contributed by atoms with E-state index in [9.17, 15) is 19.6 Å². The van der Waals surface area contributed by atoms with Crippen LogP contribution in [-0.4, -0.2) is 38.6 Å². The number of carbonyl (C=O) groups is 1. The molecular formula is C25H21FN4O3S. The van der Waals surface area contributed by atoms with E-state index >= 15 is 0 Å². The first-order valence-electron chi connectivity index (χ1n) is 10.7. The van der Waals surface area contributed by atoms with E-state index in [4.69, 9.17) is 4.74 Å². The molecule has 1 fully saturated rings. The van der Waals surface area contributed by atoms with Crippen molar-refractivity contribution in [3.63, 3.8) is 0 Å². The number of nitrogens with zero attached hydrogens (tertiary/aromatic N) is 4. The Morgan fingerprint density at radius 2 is 2.12 bits per heavy atom. The van der Waals surface area contributed by atoms with Crippen molar-refractivity contribution in [1.82, 2.24) is 14.7 Å². The minimum Gasteiger partial charge on any atom is -0.496 e. The van der Waals surface area contributed by atoms with E-state index in [1.807, 2.05) is 30.5 Å². The molecule has 2 aliphatic rings. The highest BCUT2D eigenvalue weighted by atomic mass is 32.2. The van der Waals surface area contributed by atoms with Crippen LogP contribution >= 0.6 is 11.8 Å². The second-order valence-electron chi connectivity index (χ2n) is 8.20. The van der Waals surface area contributed by atoms with E-state index in [-0.39, 0.29) is 18.1 Å². The smallest absolute Gasteiger partial charge is 0.231 e. The predicted molar refractivity (Wildman–Crippen MR) is 124 cm³/mol. The SMILES string of the molecule is COc1ccc(C2CC(=O)N3C(=C2C#N)SCC3(O)c2ccc(F)cc2)cc1Cn1cccn1. The molecule has 1 N–H and O–H groups in total. The van der Waals surface area contributed by atoms with Gasteiger partial charge in [-0.2, -0.15) is 10.4 Å². The molecule has 1 amide bonds. The summed E-state index contributed by atoms with van der Waals surface area (Å²) in [5.74, 6) is -0.323. The van der Waals surface area contributed by atoms with Crippen molar-refractivity contribution in [3.05, 3.63) is 94.0 Å². The van der Waals surface area contributed by atoms with Gasteiger partial charge in [0.2, 0.25) is 5.91 Å². The quantitative estimate of drug-likeness (QED) is 0.604. The van der Waals surface area contributed by atoms with Gasteiger partial charge in [-0.25, -0.2) is 4.39 Å². The van der Waals surface area contributed by atoms with Crippen molar-refractivity contribution in [3.8, 4) is 11.8 Å². The van der Waals surface area contributed by atoms with Gasteiger partial charge < -0.3 is 9.84 Å². The molecule has 1 saturated heterocycles. The zero-order chi connectivity index (χ0) is 23.9. The van der Waals surface area contributed by atoms with Crippen molar-refractivity contribution < 1.29 is 19.0 Å². The first kappa shape index (κ1) is 22.2. The van der Waals surface area contributed by atoms with Gasteiger partial charge in [-0.15, -0.1) is 11.8 Å². The summed E-state index contributed by atoms with van der Waals surface area (Å²) < 4.78 is 20.7. The van der Waals surface area contributed by atoms with Crippen molar-refractivity contribution in [2.45, 2.75) is 24.6 Å². The number of hydrogen-bond donors (Lipinski definition) is 1. The Kier molecular flexibility index (Phi) is 5.63. The average molecular weight is 477 g/mol. The van der Waals surface area contributed by atoms with E-state index < -0.39 is 17.5 Å². The predicted octanol–water partition coefficient (Wildman–Crippen LogP) is 3.72. The largest absolute Gasteiger partial charge is 0.496 e. The van der Waals surface area contributed by atoms with Gasteiger partial charge >= 0.3 is 0 Å². The topological polar surface area (TPSA) is 91.4 Å². The minimum atomic E-state index is -1.64. The van der Waals surface area contributed by atoms with Crippen LogP contribution in [0, 0.1) is 17.1 Å². The molecule has 3 aromatic rings. The van der Waals surface area contributed by atoms with E-state index in [0.29, 0.717) is 28.5 Å². The highest BCUT2D eigenvalue weighted by molar-refractivity contribution is 8.03. The number of halogens is 1. The summed E-state index contributed by atoms with van der Waals surface area (Å²) in [4.78, 5) is 14.6. The number of aromatic nitrogens is 2. The lowest BCUT2D eigenvalue weighted by Gasteiger charge is -2.38. The summed E-state index contributed by atoms with van der Waals surface area (Å²) in [6.45, 7) is 0.480. The van der Waals surface area contributed by atoms with Gasteiger partial charge in [0.05, 0.1) is 36.1 Å². The number of ether oxygens (including phenoxy) is 1. The van der Waals surface area contributed by atoms with Crippen molar-refractivity contribution in [1.29, 1.82) is 5.26 Å². The molecule has 34 heavy (non-hydrogen) atoms. The number of thioether (sulfide) groups is 1. The van der Waals surface area contributed by atoms with Crippen LogP contribution in [0.25, 0.3) is 0 Å². The maximum absolute atomic E-state index is 13.4. The Bertz CT molecular complexity index is 1320. The molecule has 5 rings (SSSR count). The van der Waals surface area contributed by atoms with E-state index in [1.54, 1.807) is 18.0 Å². The summed E-state index contributed by atoms with van der Waals surface area (Å²) in [6, 6.07) is 15.2. The van der Waals surface area contributed by atoms with Gasteiger partial charge in [-0.1, -0.05) is 18.2 Å². The molecule has 3 heterocycles. The molecule has 2 unspecified atom stereocenters. The van der Waals surface area contributed by atoms with Crippen LogP contribution in [0.15, 0.2) is 71.5 Å². The zero-order valence-corrected chi connectivity index (χ0v) is 19.1. The summed E-state index contributed by atoms with van der Waals surface area (Å²) in [6.07, 6.45) is 3.58. The third kappa shape index (κ3) is 3.65. The summed E-state index contributed by atoms with van der Waals surface area (Å²) in [5.41, 5.74) is 0.896. The van der Waals surface area contributed by atoms with Crippen LogP contribution < -0.4 is 4.74 Å². The zero-order valence-electron chi connectivity index (χ0n) is 18.3. The number of carbonyl (C=O) groups excluding carboxylic acids is 1. The van der Waals surface area contributed by atoms with Gasteiger partial charge in [0.1, 0.15) is 11.6 Å². The van der Waals surface area contributed by atoms with E-state index in [2.05, 4.69) is 11.2 Å². The first-order chi connectivity index (χ1) is 16.4. The Hall–Kier alpha value is -3.61. The molecule has 2 aromatic carbocycles. The highest BCUT2D eigenvalue weighted by Crippen LogP contribution is 2.51. The summed E-state index contributed by atoms with van der Waals surface area (Å²) in [5, 5.41) is 26.2. The number of fused-ring (bicyclic) bond motifs is 1. The maximum Gasteiger partial charge on any atom is 0.231 e. The summed E-state index contributed by atoms with van der Waals surface area (Å²) >= 11 is 1.26. The van der Waals surface area contributed by atoms with Gasteiger partial charge in [0.25, 0.3) is 0 Å². The Labute approximate surface area is 200 Å². The number of amides is 1. The van der Waals surface area contributed by atoms with Gasteiger partial charge in [-0.05, 0) is 35.9 Å². The van der Waals surface area contributed by atoms with Gasteiger partial charge in [0.15, 0.2) is 5.72 Å². The first-order valence-corrected chi connectivity index (χ1v) is 11.7. The van der Waals surface area contributed by atoms with Crippen molar-refractivity contribution in [2.24, 2.45) is 0 Å². The Morgan fingerprint density at radius 3 is 2.79 bits per heavy atom. The molecule has 0 radical (unpaired) electrons. The number of nitriles is 1.